The molecule has 0 saturated heterocycles. The lowest BCUT2D eigenvalue weighted by molar-refractivity contribution is 0.488. The predicted molar refractivity (Wildman–Crippen MR) is 46.2 cm³/mol. The standard InChI is InChI=1S/C5H14NO2PS/c1-4-5(2)10-9(7,8)6-3/h5H,4H2,1-3H3,(H2,6,7,8). The van der Waals surface area contributed by atoms with Gasteiger partial charge in [0.15, 0.2) is 0 Å². The van der Waals surface area contributed by atoms with Crippen molar-refractivity contribution in [3.8, 4) is 0 Å². The molecule has 2 N–H and O–H groups in total. The Morgan fingerprint density at radius 3 is 2.60 bits per heavy atom. The zero-order chi connectivity index (χ0) is 8.20. The summed E-state index contributed by atoms with van der Waals surface area (Å²) in [6.45, 7) is 0.849. The van der Waals surface area contributed by atoms with Gasteiger partial charge in [0.1, 0.15) is 0 Å². The summed E-state index contributed by atoms with van der Waals surface area (Å²) >= 11 is 1.10. The van der Waals surface area contributed by atoms with Crippen LogP contribution in [0.3, 0.4) is 0 Å². The van der Waals surface area contributed by atoms with Crippen LogP contribution in [0.15, 0.2) is 0 Å². The Balaban J connectivity index is 3.77. The first-order valence-electron chi connectivity index (χ1n) is 3.22. The van der Waals surface area contributed by atoms with Crippen molar-refractivity contribution in [1.29, 1.82) is 0 Å². The van der Waals surface area contributed by atoms with Crippen LogP contribution in [0.5, 0.6) is 0 Å². The summed E-state index contributed by atoms with van der Waals surface area (Å²) in [5.74, 6) is 0. The van der Waals surface area contributed by atoms with Crippen molar-refractivity contribution < 1.29 is 9.46 Å². The van der Waals surface area contributed by atoms with Gasteiger partial charge in [-0.25, -0.2) is 5.09 Å². The minimum atomic E-state index is -3.08. The summed E-state index contributed by atoms with van der Waals surface area (Å²) in [6.07, 6.45) is 0.914. The van der Waals surface area contributed by atoms with E-state index in [0.717, 1.165) is 17.8 Å². The number of hydrogen-bond acceptors (Lipinski definition) is 2. The molecule has 0 aromatic carbocycles. The van der Waals surface area contributed by atoms with E-state index >= 15 is 0 Å². The Kier molecular flexibility index (Phi) is 4.61. The summed E-state index contributed by atoms with van der Waals surface area (Å²) in [4.78, 5) is 9.03. The molecule has 0 spiro atoms. The molecule has 0 aromatic heterocycles. The first kappa shape index (κ1) is 10.5. The summed E-state index contributed by atoms with van der Waals surface area (Å²) in [5.41, 5.74) is 0. The first-order valence-corrected chi connectivity index (χ1v) is 6.36. The van der Waals surface area contributed by atoms with E-state index in [1.54, 1.807) is 0 Å². The van der Waals surface area contributed by atoms with Gasteiger partial charge in [-0.05, 0) is 13.5 Å². The third-order valence-electron chi connectivity index (χ3n) is 1.18. The van der Waals surface area contributed by atoms with Crippen LogP contribution in [0.4, 0.5) is 0 Å². The molecule has 62 valence electrons. The van der Waals surface area contributed by atoms with Crippen LogP contribution in [0.1, 0.15) is 20.3 Å². The Morgan fingerprint density at radius 1 is 1.80 bits per heavy atom. The highest BCUT2D eigenvalue weighted by molar-refractivity contribution is 8.56. The first-order chi connectivity index (χ1) is 4.52. The molecule has 0 aliphatic rings. The molecule has 0 aliphatic carbocycles. The number of rotatable bonds is 4. The molecular weight excluding hydrogens is 169 g/mol. The SMILES string of the molecule is CCC(C)SP(=O)(O)NC. The van der Waals surface area contributed by atoms with Gasteiger partial charge in [-0.2, -0.15) is 0 Å². The highest BCUT2D eigenvalue weighted by Crippen LogP contribution is 2.52. The van der Waals surface area contributed by atoms with E-state index in [9.17, 15) is 4.57 Å². The van der Waals surface area contributed by atoms with Crippen molar-refractivity contribution in [3.05, 3.63) is 0 Å². The fourth-order valence-corrected chi connectivity index (χ4v) is 3.34. The second-order valence-electron chi connectivity index (χ2n) is 2.07. The number of hydrogen-bond donors (Lipinski definition) is 2. The van der Waals surface area contributed by atoms with E-state index in [2.05, 4.69) is 5.09 Å². The average Bonchev–Trinajstić information content (AvgIpc) is 1.87. The second kappa shape index (κ2) is 4.39. The molecule has 0 heterocycles. The van der Waals surface area contributed by atoms with E-state index < -0.39 is 6.72 Å². The highest BCUT2D eigenvalue weighted by Gasteiger charge is 2.18. The molecule has 0 bridgehead atoms. The molecule has 5 heteroatoms. The lowest BCUT2D eigenvalue weighted by Gasteiger charge is -2.12. The van der Waals surface area contributed by atoms with Gasteiger partial charge in [-0.15, -0.1) is 0 Å². The van der Waals surface area contributed by atoms with Crippen molar-refractivity contribution in [3.63, 3.8) is 0 Å². The normalized spacial score (nSPS) is 20.0. The molecule has 0 rings (SSSR count). The van der Waals surface area contributed by atoms with Crippen LogP contribution in [0.2, 0.25) is 0 Å². The van der Waals surface area contributed by atoms with Crippen LogP contribution in [-0.4, -0.2) is 17.2 Å². The quantitative estimate of drug-likeness (QED) is 0.653. The Morgan fingerprint density at radius 2 is 2.30 bits per heavy atom. The van der Waals surface area contributed by atoms with Crippen molar-refractivity contribution in [2.75, 3.05) is 7.05 Å². The fourth-order valence-electron chi connectivity index (χ4n) is 0.371. The van der Waals surface area contributed by atoms with E-state index in [-0.39, 0.29) is 5.25 Å². The monoisotopic (exact) mass is 183 g/mol. The maximum atomic E-state index is 11.0. The van der Waals surface area contributed by atoms with Crippen molar-refractivity contribution in [2.24, 2.45) is 0 Å². The zero-order valence-corrected chi connectivity index (χ0v) is 8.21. The fraction of sp³-hybridized carbons (Fsp3) is 1.00. The van der Waals surface area contributed by atoms with Crippen LogP contribution in [-0.2, 0) is 4.57 Å². The van der Waals surface area contributed by atoms with E-state index in [4.69, 9.17) is 4.89 Å². The third-order valence-corrected chi connectivity index (χ3v) is 5.21. The third kappa shape index (κ3) is 4.34. The highest BCUT2D eigenvalue weighted by atomic mass is 32.7. The second-order valence-corrected chi connectivity index (χ2v) is 6.69. The molecule has 0 fully saturated rings. The van der Waals surface area contributed by atoms with Crippen LogP contribution >= 0.6 is 18.1 Å². The van der Waals surface area contributed by atoms with E-state index in [1.807, 2.05) is 13.8 Å². The van der Waals surface area contributed by atoms with Crippen molar-refractivity contribution in [2.45, 2.75) is 25.5 Å². The molecular formula is C5H14NO2PS. The van der Waals surface area contributed by atoms with Gasteiger partial charge in [-0.1, -0.05) is 25.2 Å². The molecule has 10 heavy (non-hydrogen) atoms. The van der Waals surface area contributed by atoms with Gasteiger partial charge in [0, 0.05) is 5.25 Å². The van der Waals surface area contributed by atoms with Gasteiger partial charge in [0.2, 0.25) is 0 Å². The molecule has 2 unspecified atom stereocenters. The van der Waals surface area contributed by atoms with Gasteiger partial charge < -0.3 is 4.89 Å². The maximum Gasteiger partial charge on any atom is 0.323 e. The molecule has 2 atom stereocenters. The van der Waals surface area contributed by atoms with Gasteiger partial charge in [-0.3, -0.25) is 4.57 Å². The van der Waals surface area contributed by atoms with Crippen LogP contribution in [0, 0.1) is 0 Å². The lowest BCUT2D eigenvalue weighted by Crippen LogP contribution is -2.02. The molecule has 0 amide bonds. The summed E-state index contributed by atoms with van der Waals surface area (Å²) in [5, 5.41) is 2.62. The van der Waals surface area contributed by atoms with Gasteiger partial charge in [0.25, 0.3) is 0 Å². The van der Waals surface area contributed by atoms with Gasteiger partial charge in [0.05, 0.1) is 0 Å². The molecule has 3 nitrogen and oxygen atoms in total. The molecule has 0 aromatic rings. The van der Waals surface area contributed by atoms with E-state index in [0.29, 0.717) is 0 Å². The predicted octanol–water partition coefficient (Wildman–Crippen LogP) is 1.84. The molecule has 0 aliphatic heterocycles. The van der Waals surface area contributed by atoms with Crippen molar-refractivity contribution in [1.82, 2.24) is 5.09 Å². The Labute approximate surface area is 65.8 Å². The number of nitrogens with one attached hydrogen (secondary N) is 1. The minimum Gasteiger partial charge on any atom is -0.326 e. The van der Waals surface area contributed by atoms with Crippen molar-refractivity contribution >= 4 is 18.1 Å². The lowest BCUT2D eigenvalue weighted by atomic mass is 10.4. The average molecular weight is 183 g/mol. The topological polar surface area (TPSA) is 49.3 Å². The summed E-state index contributed by atoms with van der Waals surface area (Å²) < 4.78 is 11.0. The van der Waals surface area contributed by atoms with Crippen LogP contribution < -0.4 is 5.09 Å². The van der Waals surface area contributed by atoms with Crippen LogP contribution in [0.25, 0.3) is 0 Å². The van der Waals surface area contributed by atoms with Gasteiger partial charge >= 0.3 is 6.72 Å². The largest absolute Gasteiger partial charge is 0.326 e. The molecule has 0 radical (unpaired) electrons. The van der Waals surface area contributed by atoms with E-state index in [1.165, 1.54) is 7.05 Å². The Hall–Kier alpha value is 0.500. The summed E-state index contributed by atoms with van der Waals surface area (Å²) in [7, 11) is 1.50. The molecule has 0 saturated carbocycles. The smallest absolute Gasteiger partial charge is 0.323 e. The summed E-state index contributed by atoms with van der Waals surface area (Å²) in [6, 6.07) is 0. The zero-order valence-electron chi connectivity index (χ0n) is 6.50. The minimum absolute atomic E-state index is 0.239. The maximum absolute atomic E-state index is 11.0. The Bertz CT molecular complexity index is 142.